The SMILES string of the molecule is COc1ccc(-c2coc3c(OC)c(O)ccc3c2=O)cc1.Cc1c2oc3c(C)ccc(C(=O)NC4C(=O)NC(C(C)C)C(=O)C5CCCC5C(=O)N(C)CC(=O)N(C)C(C(C)C)C(=O)OC4C)c3nc-2c(C(=O)NC2C(=O)NC(C(C)C)C(=O)C3CCCC3C(=O)N(C)CC(=O)N(C)C(C(C)C)C(=O)OC2C)c(N)c1=O. The van der Waals surface area contributed by atoms with Crippen LogP contribution in [-0.2, 0) is 57.4 Å². The zero-order valence-corrected chi connectivity index (χ0v) is 66.5. The molecule has 7 N–H and O–H groups in total. The monoisotopic (exact) mass is 1550 g/mol. The predicted octanol–water partition coefficient (Wildman–Crippen LogP) is 5.90. The van der Waals surface area contributed by atoms with Gasteiger partial charge >= 0.3 is 11.9 Å². The topological polar surface area (TPSA) is 422 Å². The third-order valence-corrected chi connectivity index (χ3v) is 21.8. The van der Waals surface area contributed by atoms with E-state index in [4.69, 9.17) is 38.5 Å². The number of nitrogens with zero attached hydrogens (tertiary/aromatic N) is 5. The number of aromatic hydroxyl groups is 1. The molecule has 4 heterocycles. The smallest absolute Gasteiger partial charge is 0.329 e. The molecule has 31 nitrogen and oxygen atoms in total. The molecule has 0 radical (unpaired) electrons. The fraction of sp³-hybridized carbons (Fsp3) is 0.519. The van der Waals surface area contributed by atoms with Crippen LogP contribution in [0.3, 0.4) is 0 Å². The van der Waals surface area contributed by atoms with Crippen LogP contribution < -0.4 is 47.3 Å². The van der Waals surface area contributed by atoms with E-state index in [9.17, 15) is 62.6 Å². The molecule has 602 valence electrons. The molecule has 0 spiro atoms. The summed E-state index contributed by atoms with van der Waals surface area (Å²) in [5.74, 6) is -14.1. The molecule has 10 rings (SSSR count). The first-order valence-electron chi connectivity index (χ1n) is 37.6. The summed E-state index contributed by atoms with van der Waals surface area (Å²) in [7, 11) is 8.65. The molecule has 112 heavy (non-hydrogen) atoms. The lowest BCUT2D eigenvalue weighted by molar-refractivity contribution is -0.163. The highest BCUT2D eigenvalue weighted by molar-refractivity contribution is 6.11. The summed E-state index contributed by atoms with van der Waals surface area (Å²) in [6.07, 6.45) is 0.715. The highest BCUT2D eigenvalue weighted by Gasteiger charge is 2.48. The van der Waals surface area contributed by atoms with Crippen LogP contribution in [0, 0.1) is 61.2 Å². The molecule has 6 aliphatic rings. The first kappa shape index (κ1) is 84.7. The summed E-state index contributed by atoms with van der Waals surface area (Å²) in [5, 5.41) is 20.9. The number of rotatable bonds is 11. The highest BCUT2D eigenvalue weighted by Crippen LogP contribution is 2.40. The van der Waals surface area contributed by atoms with Crippen molar-refractivity contribution in [2.45, 2.75) is 170 Å². The summed E-state index contributed by atoms with van der Waals surface area (Å²) in [5.41, 5.74) is 4.86. The lowest BCUT2D eigenvalue weighted by atomic mass is 9.83. The van der Waals surface area contributed by atoms with Gasteiger partial charge in [-0.1, -0.05) is 86.4 Å². The van der Waals surface area contributed by atoms with Crippen molar-refractivity contribution in [1.29, 1.82) is 0 Å². The van der Waals surface area contributed by atoms with Crippen molar-refractivity contribution in [3.05, 3.63) is 97.5 Å². The number of nitrogens with two attached hydrogens (primary N) is 1. The van der Waals surface area contributed by atoms with E-state index < -0.39 is 196 Å². The van der Waals surface area contributed by atoms with E-state index in [1.165, 1.54) is 96.4 Å². The predicted molar refractivity (Wildman–Crippen MR) is 410 cm³/mol. The van der Waals surface area contributed by atoms with E-state index in [1.54, 1.807) is 93.7 Å². The lowest BCUT2D eigenvalue weighted by Crippen LogP contribution is -2.59. The minimum atomic E-state index is -1.86. The van der Waals surface area contributed by atoms with Crippen LogP contribution in [0.2, 0.25) is 0 Å². The second-order valence-electron chi connectivity index (χ2n) is 31.0. The summed E-state index contributed by atoms with van der Waals surface area (Å²) < 4.78 is 34.0. The Kier molecular flexibility index (Phi) is 26.5. The number of phenolic OH excluding ortho intramolecular Hbond substituents is 1. The molecule has 0 bridgehead atoms. The third kappa shape index (κ3) is 17.3. The number of anilines is 1. The zero-order chi connectivity index (χ0) is 82.7. The average Bonchev–Trinajstić information content (AvgIpc) is 0.982. The Bertz CT molecular complexity index is 4780. The van der Waals surface area contributed by atoms with Crippen LogP contribution >= 0.6 is 0 Å². The number of nitrogen functional groups attached to an aromatic ring is 1. The number of likely N-dealkylation sites (N-methyl/N-ethyl adjacent to an activating group) is 4. The molecule has 8 amide bonds. The molecule has 12 atom stereocenters. The van der Waals surface area contributed by atoms with Gasteiger partial charge < -0.3 is 79.5 Å². The number of cyclic esters (lactones) is 2. The minimum absolute atomic E-state index is 0.0668. The van der Waals surface area contributed by atoms with Gasteiger partial charge in [0, 0.05) is 57.4 Å². The number of benzene rings is 4. The number of carbonyl (C=O) groups is 12. The number of hydrogen-bond acceptors (Lipinski definition) is 23. The normalized spacial score (nSPS) is 24.4. The van der Waals surface area contributed by atoms with Crippen molar-refractivity contribution in [1.82, 2.24) is 45.9 Å². The molecule has 4 aromatic rings. The number of ketones is 2. The maximum atomic E-state index is 15.2. The Morgan fingerprint density at radius 1 is 0.598 bits per heavy atom. The summed E-state index contributed by atoms with van der Waals surface area (Å²) in [6, 6.07) is 4.34. The summed E-state index contributed by atoms with van der Waals surface area (Å²) >= 11 is 0. The van der Waals surface area contributed by atoms with Crippen LogP contribution in [0.4, 0.5) is 5.69 Å². The molecule has 4 fully saturated rings. The molecule has 2 saturated heterocycles. The Labute approximate surface area is 648 Å². The molecule has 2 saturated carbocycles. The van der Waals surface area contributed by atoms with Crippen LogP contribution in [-0.4, -0.2) is 204 Å². The standard InChI is InChI=1S/C64H88N10O16.C17H14O5/c1-27(2)44-53(78)35-19-17-21-37(35)61(84)71(13)25-40(75)73(15)50(29(5)6)63(86)88-33(11)46(59(82)67-44)69-57(80)39-24-23-31(9)55-48(39)66-49-42(43(65)52(77)32(10)56(49)90-55)58(81)70-47-34(12)89-64(87)51(30(7)8)74(16)41(76)26-72(14)62(85)38-22-18-20-36(38)54(79)45(28(3)4)68-60(47)83;1-20-11-5-3-10(4-6-11)13-9-22-16-12(15(13)19)7-8-14(18)17(16)21-2/h23-24,27-30,33-38,44-47,50-51H,17-22,25-26,65H2,1-16H3,(H,67,82)(H,68,83)(H,69,80)(H,70,81);3-9,18H,1-2H3. The van der Waals surface area contributed by atoms with Crippen LogP contribution in [0.25, 0.3) is 44.7 Å². The fourth-order valence-electron chi connectivity index (χ4n) is 15.5. The molecule has 31 heteroatoms. The second kappa shape index (κ2) is 35.0. The number of hydrogen-bond donors (Lipinski definition) is 6. The summed E-state index contributed by atoms with van der Waals surface area (Å²) in [4.78, 5) is 210. The van der Waals surface area contributed by atoms with Crippen molar-refractivity contribution < 1.29 is 90.4 Å². The maximum Gasteiger partial charge on any atom is 0.329 e. The number of Topliss-reactive ketones (excluding diaryl/α,β-unsaturated/α-hetero) is 2. The van der Waals surface area contributed by atoms with Crippen LogP contribution in [0.15, 0.2) is 73.2 Å². The fourth-order valence-corrected chi connectivity index (χ4v) is 15.5. The zero-order valence-electron chi connectivity index (χ0n) is 66.5. The van der Waals surface area contributed by atoms with Gasteiger partial charge in [0.25, 0.3) is 11.8 Å². The van der Waals surface area contributed by atoms with Crippen LogP contribution in [0.1, 0.15) is 140 Å². The number of amides is 8. The minimum Gasteiger partial charge on any atom is -0.504 e. The number of phenols is 1. The van der Waals surface area contributed by atoms with E-state index >= 15 is 9.59 Å². The van der Waals surface area contributed by atoms with Gasteiger partial charge in [0.15, 0.2) is 34.2 Å². The largest absolute Gasteiger partial charge is 0.504 e. The van der Waals surface area contributed by atoms with Crippen molar-refractivity contribution >= 4 is 98.5 Å². The van der Waals surface area contributed by atoms with Gasteiger partial charge in [-0.2, -0.15) is 0 Å². The molecule has 12 unspecified atom stereocenters. The van der Waals surface area contributed by atoms with E-state index in [0.717, 1.165) is 15.4 Å². The number of carbonyl (C=O) groups excluding carboxylic acids is 12. The van der Waals surface area contributed by atoms with Gasteiger partial charge in [0.1, 0.15) is 59.6 Å². The highest BCUT2D eigenvalue weighted by atomic mass is 16.6. The number of fused-ring (bicyclic) bond motifs is 5. The number of nitrogens with one attached hydrogen (secondary N) is 4. The van der Waals surface area contributed by atoms with Crippen LogP contribution in [0.5, 0.6) is 17.2 Å². The van der Waals surface area contributed by atoms with Gasteiger partial charge in [0.05, 0.1) is 67.2 Å². The van der Waals surface area contributed by atoms with E-state index in [2.05, 4.69) is 21.3 Å². The van der Waals surface area contributed by atoms with Crippen molar-refractivity contribution in [3.8, 4) is 39.8 Å². The number of esters is 2. The van der Waals surface area contributed by atoms with Gasteiger partial charge in [0.2, 0.25) is 52.1 Å². The first-order valence-corrected chi connectivity index (χ1v) is 37.6. The Morgan fingerprint density at radius 3 is 1.53 bits per heavy atom. The second-order valence-corrected chi connectivity index (χ2v) is 31.0. The third-order valence-electron chi connectivity index (χ3n) is 21.8. The van der Waals surface area contributed by atoms with Gasteiger partial charge in [-0.05, 0) is 119 Å². The molecule has 3 aromatic carbocycles. The first-order chi connectivity index (χ1) is 52.8. The average molecular weight is 1550 g/mol. The van der Waals surface area contributed by atoms with Gasteiger partial charge in [-0.15, -0.1) is 0 Å². The number of aromatic nitrogens is 1. The number of methoxy groups -OCH3 is 2. The van der Waals surface area contributed by atoms with E-state index in [1.807, 2.05) is 0 Å². The molecular formula is C81H102N10O21. The van der Waals surface area contributed by atoms with E-state index in [-0.39, 0.29) is 56.2 Å². The maximum absolute atomic E-state index is 15.2. The quantitative estimate of drug-likeness (QED) is 0.0499. The number of aryl methyl sites for hydroxylation is 1. The molecule has 3 aliphatic heterocycles. The van der Waals surface area contributed by atoms with Crippen molar-refractivity contribution in [2.75, 3.05) is 61.2 Å². The number of ether oxygens (including phenoxy) is 4. The molecule has 1 aromatic heterocycles. The van der Waals surface area contributed by atoms with Crippen molar-refractivity contribution in [3.63, 3.8) is 0 Å². The summed E-state index contributed by atoms with van der Waals surface area (Å²) in [6.45, 7) is 18.3. The van der Waals surface area contributed by atoms with Gasteiger partial charge in [-0.25, -0.2) is 14.6 Å². The molecular weight excluding hydrogens is 1450 g/mol. The van der Waals surface area contributed by atoms with Crippen molar-refractivity contribution in [2.24, 2.45) is 47.3 Å². The lowest BCUT2D eigenvalue weighted by Gasteiger charge is -2.35. The Balaban J connectivity index is 0.000000556. The molecule has 3 aliphatic carbocycles. The Morgan fingerprint density at radius 2 is 1.07 bits per heavy atom. The van der Waals surface area contributed by atoms with E-state index in [0.29, 0.717) is 60.8 Å². The van der Waals surface area contributed by atoms with Gasteiger partial charge in [-0.3, -0.25) is 57.5 Å². The Hall–Kier alpha value is -11.3.